The molecule has 6 heteroatoms. The van der Waals surface area contributed by atoms with E-state index < -0.39 is 0 Å². The minimum atomic E-state index is -0.347. The monoisotopic (exact) mass is 384 g/mol. The van der Waals surface area contributed by atoms with Gasteiger partial charge in [-0.3, -0.25) is 9.78 Å². The Hall–Kier alpha value is -3.93. The van der Waals surface area contributed by atoms with E-state index in [0.29, 0.717) is 27.9 Å². The van der Waals surface area contributed by atoms with E-state index in [4.69, 9.17) is 0 Å². The van der Waals surface area contributed by atoms with Gasteiger partial charge in [-0.1, -0.05) is 18.2 Å². The molecular weight excluding hydrogens is 367 g/mol. The minimum absolute atomic E-state index is 0.326. The van der Waals surface area contributed by atoms with Gasteiger partial charge in [0, 0.05) is 28.9 Å². The van der Waals surface area contributed by atoms with Crippen LogP contribution in [0.4, 0.5) is 4.39 Å². The van der Waals surface area contributed by atoms with Crippen molar-refractivity contribution in [2.75, 3.05) is 0 Å². The Labute approximate surface area is 167 Å². The Balaban J connectivity index is 1.72. The lowest BCUT2D eigenvalue weighted by Crippen LogP contribution is -2.20. The zero-order valence-corrected chi connectivity index (χ0v) is 15.6. The van der Waals surface area contributed by atoms with Crippen molar-refractivity contribution >= 4 is 22.5 Å². The summed E-state index contributed by atoms with van der Waals surface area (Å²) in [5.41, 5.74) is 6.58. The van der Waals surface area contributed by atoms with E-state index in [0.717, 1.165) is 11.1 Å². The summed E-state index contributed by atoms with van der Waals surface area (Å²) in [5.74, 6) is -0.672. The number of carbonyl (C=O) groups excluding carboxylic acids is 1. The molecule has 4 rings (SSSR count). The third-order valence-corrected chi connectivity index (χ3v) is 4.52. The third kappa shape index (κ3) is 4.01. The molecule has 2 heterocycles. The molecule has 0 aliphatic carbocycles. The fraction of sp³-hybridized carbons (Fsp3) is 0.0435. The summed E-state index contributed by atoms with van der Waals surface area (Å²) in [5, 5.41) is 4.93. The van der Waals surface area contributed by atoms with Crippen molar-refractivity contribution in [3.63, 3.8) is 0 Å². The minimum Gasteiger partial charge on any atom is -0.267 e. The summed E-state index contributed by atoms with van der Waals surface area (Å²) in [6, 6.07) is 18.7. The van der Waals surface area contributed by atoms with E-state index in [2.05, 4.69) is 20.5 Å². The lowest BCUT2D eigenvalue weighted by molar-refractivity contribution is 0.0956. The van der Waals surface area contributed by atoms with Gasteiger partial charge in [0.2, 0.25) is 0 Å². The molecule has 1 amide bonds. The molecule has 0 aliphatic heterocycles. The van der Waals surface area contributed by atoms with Crippen LogP contribution in [0.15, 0.2) is 84.2 Å². The van der Waals surface area contributed by atoms with Gasteiger partial charge in [0.1, 0.15) is 5.82 Å². The maximum atomic E-state index is 13.3. The standard InChI is InChI=1S/C23H17FN4O/c1-15(16-10-12-25-13-11-16)27-28-23(29)20-14-22(17-6-8-18(24)9-7-17)26-21-5-3-2-4-19(20)21/h2-14H,1H3,(H,28,29)/b27-15+. The molecule has 0 unspecified atom stereocenters. The van der Waals surface area contributed by atoms with E-state index in [9.17, 15) is 9.18 Å². The summed E-state index contributed by atoms with van der Waals surface area (Å²) in [6.45, 7) is 1.81. The molecule has 2 aromatic carbocycles. The Bertz CT molecular complexity index is 1200. The van der Waals surface area contributed by atoms with Crippen molar-refractivity contribution in [1.29, 1.82) is 0 Å². The number of aromatic nitrogens is 2. The van der Waals surface area contributed by atoms with Crippen LogP contribution in [-0.2, 0) is 0 Å². The lowest BCUT2D eigenvalue weighted by atomic mass is 10.0. The highest BCUT2D eigenvalue weighted by Crippen LogP contribution is 2.25. The molecule has 0 saturated heterocycles. The molecule has 5 nitrogen and oxygen atoms in total. The number of amides is 1. The average Bonchev–Trinajstić information content (AvgIpc) is 2.77. The van der Waals surface area contributed by atoms with Gasteiger partial charge in [0.25, 0.3) is 5.91 Å². The van der Waals surface area contributed by atoms with E-state index in [1.165, 1.54) is 12.1 Å². The number of pyridine rings is 2. The molecule has 2 aromatic heterocycles. The molecule has 29 heavy (non-hydrogen) atoms. The van der Waals surface area contributed by atoms with E-state index in [1.807, 2.05) is 43.3 Å². The van der Waals surface area contributed by atoms with Crippen LogP contribution in [0.2, 0.25) is 0 Å². The molecule has 0 aliphatic rings. The predicted molar refractivity (Wildman–Crippen MR) is 111 cm³/mol. The second-order valence-corrected chi connectivity index (χ2v) is 6.45. The molecule has 142 valence electrons. The number of rotatable bonds is 4. The van der Waals surface area contributed by atoms with Crippen LogP contribution in [0.1, 0.15) is 22.8 Å². The number of hydrazone groups is 1. The quantitative estimate of drug-likeness (QED) is 0.413. The summed E-state index contributed by atoms with van der Waals surface area (Å²) in [7, 11) is 0. The molecular formula is C23H17FN4O. The second-order valence-electron chi connectivity index (χ2n) is 6.45. The largest absolute Gasteiger partial charge is 0.272 e. The van der Waals surface area contributed by atoms with Crippen molar-refractivity contribution in [1.82, 2.24) is 15.4 Å². The second kappa shape index (κ2) is 7.98. The number of fused-ring (bicyclic) bond motifs is 1. The number of benzene rings is 2. The van der Waals surface area contributed by atoms with Crippen LogP contribution in [0.25, 0.3) is 22.2 Å². The molecule has 4 aromatic rings. The topological polar surface area (TPSA) is 67.2 Å². The molecule has 0 bridgehead atoms. The van der Waals surface area contributed by atoms with Crippen molar-refractivity contribution in [2.45, 2.75) is 6.92 Å². The molecule has 0 saturated carbocycles. The maximum absolute atomic E-state index is 13.3. The number of carbonyl (C=O) groups is 1. The summed E-state index contributed by atoms with van der Waals surface area (Å²) >= 11 is 0. The summed E-state index contributed by atoms with van der Waals surface area (Å²) in [4.78, 5) is 21.5. The molecule has 1 N–H and O–H groups in total. The normalized spacial score (nSPS) is 11.4. The summed E-state index contributed by atoms with van der Waals surface area (Å²) < 4.78 is 13.3. The SMILES string of the molecule is C/C(=N\NC(=O)c1cc(-c2ccc(F)cc2)nc2ccccc12)c1ccncc1. The Kier molecular flexibility index (Phi) is 5.07. The molecule has 0 fully saturated rings. The Morgan fingerprint density at radius 2 is 1.72 bits per heavy atom. The summed E-state index contributed by atoms with van der Waals surface area (Å²) in [6.07, 6.45) is 3.34. The highest BCUT2D eigenvalue weighted by molar-refractivity contribution is 6.08. The number of nitrogens with one attached hydrogen (secondary N) is 1. The predicted octanol–water partition coefficient (Wildman–Crippen LogP) is 4.59. The smallest absolute Gasteiger partial charge is 0.267 e. The Morgan fingerprint density at radius 1 is 1.00 bits per heavy atom. The first kappa shape index (κ1) is 18.4. The van der Waals surface area contributed by atoms with Crippen LogP contribution < -0.4 is 5.43 Å². The van der Waals surface area contributed by atoms with Gasteiger partial charge in [-0.2, -0.15) is 5.10 Å². The van der Waals surface area contributed by atoms with Gasteiger partial charge < -0.3 is 0 Å². The molecule has 0 radical (unpaired) electrons. The van der Waals surface area contributed by atoms with Crippen LogP contribution in [0.5, 0.6) is 0 Å². The van der Waals surface area contributed by atoms with Gasteiger partial charge in [0.15, 0.2) is 0 Å². The number of hydrogen-bond acceptors (Lipinski definition) is 4. The fourth-order valence-corrected chi connectivity index (χ4v) is 2.98. The van der Waals surface area contributed by atoms with Gasteiger partial charge in [-0.05, 0) is 55.5 Å². The number of para-hydroxylation sites is 1. The van der Waals surface area contributed by atoms with Crippen LogP contribution in [0, 0.1) is 5.82 Å². The highest BCUT2D eigenvalue weighted by Gasteiger charge is 2.14. The third-order valence-electron chi connectivity index (χ3n) is 4.52. The first-order chi connectivity index (χ1) is 14.1. The molecule has 0 spiro atoms. The maximum Gasteiger partial charge on any atom is 0.272 e. The van der Waals surface area contributed by atoms with Gasteiger partial charge in [-0.15, -0.1) is 0 Å². The number of nitrogens with zero attached hydrogens (tertiary/aromatic N) is 3. The van der Waals surface area contributed by atoms with Gasteiger partial charge in [0.05, 0.1) is 22.5 Å². The average molecular weight is 384 g/mol. The van der Waals surface area contributed by atoms with Crippen LogP contribution in [0.3, 0.4) is 0 Å². The first-order valence-corrected chi connectivity index (χ1v) is 9.02. The lowest BCUT2D eigenvalue weighted by Gasteiger charge is -2.09. The van der Waals surface area contributed by atoms with Gasteiger partial charge >= 0.3 is 0 Å². The Morgan fingerprint density at radius 3 is 2.48 bits per heavy atom. The van der Waals surface area contributed by atoms with Crippen LogP contribution in [-0.4, -0.2) is 21.6 Å². The zero-order chi connectivity index (χ0) is 20.2. The number of halogens is 1. The molecule has 0 atom stereocenters. The van der Waals surface area contributed by atoms with Crippen molar-refractivity contribution in [3.8, 4) is 11.3 Å². The number of hydrogen-bond donors (Lipinski definition) is 1. The first-order valence-electron chi connectivity index (χ1n) is 9.02. The van der Waals surface area contributed by atoms with Crippen LogP contribution >= 0.6 is 0 Å². The van der Waals surface area contributed by atoms with Crippen molar-refractivity contribution < 1.29 is 9.18 Å². The van der Waals surface area contributed by atoms with E-state index >= 15 is 0 Å². The fourth-order valence-electron chi connectivity index (χ4n) is 2.98. The van der Waals surface area contributed by atoms with Crippen molar-refractivity contribution in [3.05, 3.63) is 96.1 Å². The highest BCUT2D eigenvalue weighted by atomic mass is 19.1. The van der Waals surface area contributed by atoms with Gasteiger partial charge in [-0.25, -0.2) is 14.8 Å². The van der Waals surface area contributed by atoms with E-state index in [-0.39, 0.29) is 11.7 Å². The van der Waals surface area contributed by atoms with Crippen molar-refractivity contribution in [2.24, 2.45) is 5.10 Å². The van der Waals surface area contributed by atoms with E-state index in [1.54, 1.807) is 30.6 Å². The zero-order valence-electron chi connectivity index (χ0n) is 15.6.